The molecule has 1 aromatic heterocycles. The zero-order valence-corrected chi connectivity index (χ0v) is 11.7. The standard InChI is InChI=1S/C10H17N5O2S/c1-5-17-9-12-8(11-2)13-10(14-9)18-6-7(16)15(3)4/h5-6H2,1-4H3,(H,11,12,13,14). The van der Waals surface area contributed by atoms with Gasteiger partial charge in [-0.2, -0.15) is 15.0 Å². The van der Waals surface area contributed by atoms with Crippen molar-refractivity contribution in [1.29, 1.82) is 0 Å². The van der Waals surface area contributed by atoms with Crippen molar-refractivity contribution in [3.63, 3.8) is 0 Å². The molecule has 0 aliphatic carbocycles. The topological polar surface area (TPSA) is 80.2 Å². The Kier molecular flexibility index (Phi) is 5.63. The van der Waals surface area contributed by atoms with Crippen molar-refractivity contribution in [2.24, 2.45) is 0 Å². The van der Waals surface area contributed by atoms with E-state index in [-0.39, 0.29) is 17.7 Å². The molecule has 100 valence electrons. The van der Waals surface area contributed by atoms with E-state index in [0.29, 0.717) is 17.7 Å². The van der Waals surface area contributed by atoms with Crippen LogP contribution in [0.2, 0.25) is 0 Å². The molecule has 1 amide bonds. The smallest absolute Gasteiger partial charge is 0.322 e. The van der Waals surface area contributed by atoms with Gasteiger partial charge in [-0.1, -0.05) is 11.8 Å². The van der Waals surface area contributed by atoms with E-state index in [1.54, 1.807) is 21.1 Å². The summed E-state index contributed by atoms with van der Waals surface area (Å²) >= 11 is 1.25. The van der Waals surface area contributed by atoms with E-state index in [0.717, 1.165) is 0 Å². The molecule has 0 bridgehead atoms. The molecule has 0 aliphatic heterocycles. The molecule has 8 heteroatoms. The van der Waals surface area contributed by atoms with Crippen LogP contribution in [0.3, 0.4) is 0 Å². The summed E-state index contributed by atoms with van der Waals surface area (Å²) in [5.74, 6) is 0.712. The number of hydrogen-bond donors (Lipinski definition) is 1. The fraction of sp³-hybridized carbons (Fsp3) is 0.600. The number of nitrogens with one attached hydrogen (secondary N) is 1. The second-order valence-corrected chi connectivity index (χ2v) is 4.43. The van der Waals surface area contributed by atoms with E-state index in [1.165, 1.54) is 16.7 Å². The van der Waals surface area contributed by atoms with Gasteiger partial charge >= 0.3 is 6.01 Å². The maximum atomic E-state index is 11.5. The van der Waals surface area contributed by atoms with Gasteiger partial charge in [-0.3, -0.25) is 4.79 Å². The van der Waals surface area contributed by atoms with Crippen LogP contribution in [0.15, 0.2) is 5.16 Å². The summed E-state index contributed by atoms with van der Waals surface area (Å²) in [6.45, 7) is 2.33. The van der Waals surface area contributed by atoms with Crippen LogP contribution >= 0.6 is 11.8 Å². The minimum Gasteiger partial charge on any atom is -0.464 e. The number of thioether (sulfide) groups is 1. The quantitative estimate of drug-likeness (QED) is 0.754. The van der Waals surface area contributed by atoms with Gasteiger partial charge in [0, 0.05) is 21.1 Å². The second kappa shape index (κ2) is 7.00. The Morgan fingerprint density at radius 1 is 1.39 bits per heavy atom. The van der Waals surface area contributed by atoms with E-state index < -0.39 is 0 Å². The highest BCUT2D eigenvalue weighted by molar-refractivity contribution is 7.99. The van der Waals surface area contributed by atoms with Crippen LogP contribution in [0.5, 0.6) is 6.01 Å². The molecule has 18 heavy (non-hydrogen) atoms. The summed E-state index contributed by atoms with van der Waals surface area (Å²) in [6, 6.07) is 0.261. The number of aromatic nitrogens is 3. The Labute approximate surface area is 110 Å². The molecule has 0 aliphatic rings. The number of carbonyl (C=O) groups excluding carboxylic acids is 1. The lowest BCUT2D eigenvalue weighted by molar-refractivity contribution is -0.125. The van der Waals surface area contributed by atoms with Gasteiger partial charge in [-0.25, -0.2) is 0 Å². The van der Waals surface area contributed by atoms with Gasteiger partial charge in [0.25, 0.3) is 0 Å². The van der Waals surface area contributed by atoms with Gasteiger partial charge in [-0.15, -0.1) is 0 Å². The average molecular weight is 271 g/mol. The van der Waals surface area contributed by atoms with E-state index in [9.17, 15) is 4.79 Å². The summed E-state index contributed by atoms with van der Waals surface area (Å²) in [5, 5.41) is 3.29. The summed E-state index contributed by atoms with van der Waals surface area (Å²) in [7, 11) is 5.13. The van der Waals surface area contributed by atoms with Crippen LogP contribution in [0.1, 0.15) is 6.92 Å². The van der Waals surface area contributed by atoms with Gasteiger partial charge in [-0.05, 0) is 6.92 Å². The number of hydrogen-bond acceptors (Lipinski definition) is 7. The summed E-state index contributed by atoms with van der Waals surface area (Å²) in [4.78, 5) is 25.3. The molecule has 0 saturated heterocycles. The lowest BCUT2D eigenvalue weighted by atomic mass is 10.6. The van der Waals surface area contributed by atoms with Crippen molar-refractivity contribution in [3.8, 4) is 6.01 Å². The van der Waals surface area contributed by atoms with Crippen LogP contribution in [0, 0.1) is 0 Å². The summed E-state index contributed by atoms with van der Waals surface area (Å²) in [6.07, 6.45) is 0. The van der Waals surface area contributed by atoms with Crippen molar-refractivity contribution < 1.29 is 9.53 Å². The van der Waals surface area contributed by atoms with Crippen molar-refractivity contribution >= 4 is 23.6 Å². The normalized spacial score (nSPS) is 10.0. The molecule has 0 fully saturated rings. The minimum atomic E-state index is 0.00406. The first-order chi connectivity index (χ1) is 8.56. The molecule has 1 aromatic rings. The Bertz CT molecular complexity index is 413. The average Bonchev–Trinajstić information content (AvgIpc) is 2.35. The molecule has 0 radical (unpaired) electrons. The van der Waals surface area contributed by atoms with Gasteiger partial charge in [0.05, 0.1) is 12.4 Å². The zero-order chi connectivity index (χ0) is 13.5. The number of rotatable bonds is 6. The largest absolute Gasteiger partial charge is 0.464 e. The highest BCUT2D eigenvalue weighted by atomic mass is 32.2. The van der Waals surface area contributed by atoms with Crippen molar-refractivity contribution in [2.75, 3.05) is 38.8 Å². The lowest BCUT2D eigenvalue weighted by Gasteiger charge is -2.09. The third-order valence-electron chi connectivity index (χ3n) is 1.91. The van der Waals surface area contributed by atoms with E-state index in [1.807, 2.05) is 6.92 Å². The van der Waals surface area contributed by atoms with E-state index >= 15 is 0 Å². The minimum absolute atomic E-state index is 0.00406. The Morgan fingerprint density at radius 3 is 2.67 bits per heavy atom. The van der Waals surface area contributed by atoms with Crippen LogP contribution in [0.25, 0.3) is 0 Å². The van der Waals surface area contributed by atoms with E-state index in [2.05, 4.69) is 20.3 Å². The van der Waals surface area contributed by atoms with E-state index in [4.69, 9.17) is 4.74 Å². The molecule has 1 heterocycles. The number of carbonyl (C=O) groups is 1. The highest BCUT2D eigenvalue weighted by Crippen LogP contribution is 2.17. The van der Waals surface area contributed by atoms with Crippen molar-refractivity contribution in [3.05, 3.63) is 0 Å². The molecule has 0 spiro atoms. The van der Waals surface area contributed by atoms with Crippen molar-refractivity contribution in [2.45, 2.75) is 12.1 Å². The highest BCUT2D eigenvalue weighted by Gasteiger charge is 2.10. The summed E-state index contributed by atoms with van der Waals surface area (Å²) in [5.41, 5.74) is 0. The van der Waals surface area contributed by atoms with Gasteiger partial charge in [0.15, 0.2) is 5.16 Å². The molecular weight excluding hydrogens is 254 g/mol. The van der Waals surface area contributed by atoms with Crippen LogP contribution in [-0.2, 0) is 4.79 Å². The fourth-order valence-electron chi connectivity index (χ4n) is 0.963. The maximum absolute atomic E-state index is 11.5. The number of anilines is 1. The molecule has 0 unspecified atom stereocenters. The van der Waals surface area contributed by atoms with Gasteiger partial charge in [0.2, 0.25) is 11.9 Å². The predicted octanol–water partition coefficient (Wildman–Crippen LogP) is 0.492. The fourth-order valence-corrected chi connectivity index (χ4v) is 1.77. The SMILES string of the molecule is CCOc1nc(NC)nc(SCC(=O)N(C)C)n1. The third-order valence-corrected chi connectivity index (χ3v) is 2.75. The Morgan fingerprint density at radius 2 is 2.11 bits per heavy atom. The first kappa shape index (κ1) is 14.5. The van der Waals surface area contributed by atoms with Gasteiger partial charge in [0.1, 0.15) is 0 Å². The first-order valence-corrected chi connectivity index (χ1v) is 6.45. The van der Waals surface area contributed by atoms with Crippen LogP contribution in [-0.4, -0.2) is 59.3 Å². The molecule has 1 N–H and O–H groups in total. The number of ether oxygens (including phenoxy) is 1. The second-order valence-electron chi connectivity index (χ2n) is 3.48. The number of amides is 1. The number of nitrogens with zero attached hydrogens (tertiary/aromatic N) is 4. The van der Waals surface area contributed by atoms with Crippen LogP contribution in [0.4, 0.5) is 5.95 Å². The zero-order valence-electron chi connectivity index (χ0n) is 10.9. The van der Waals surface area contributed by atoms with Crippen LogP contribution < -0.4 is 10.1 Å². The van der Waals surface area contributed by atoms with Crippen molar-refractivity contribution in [1.82, 2.24) is 19.9 Å². The molecular formula is C10H17N5O2S. The third kappa shape index (κ3) is 4.36. The maximum Gasteiger partial charge on any atom is 0.322 e. The first-order valence-electron chi connectivity index (χ1n) is 5.46. The lowest BCUT2D eigenvalue weighted by Crippen LogP contribution is -2.23. The molecule has 7 nitrogen and oxygen atoms in total. The van der Waals surface area contributed by atoms with Gasteiger partial charge < -0.3 is 15.0 Å². The Hall–Kier alpha value is -1.57. The molecule has 0 saturated carbocycles. The summed E-state index contributed by atoms with van der Waals surface area (Å²) < 4.78 is 5.23. The predicted molar refractivity (Wildman–Crippen MR) is 70.0 cm³/mol. The molecule has 0 atom stereocenters. The molecule has 0 aromatic carbocycles. The Balaban J connectivity index is 2.75. The molecule has 1 rings (SSSR count). The monoisotopic (exact) mass is 271 g/mol.